The minimum atomic E-state index is -0.869. The van der Waals surface area contributed by atoms with E-state index >= 15 is 0 Å². The Bertz CT molecular complexity index is 825. The number of nitro groups is 1. The lowest BCUT2D eigenvalue weighted by Gasteiger charge is -2.21. The highest BCUT2D eigenvalue weighted by molar-refractivity contribution is 7.84. The zero-order valence-electron chi connectivity index (χ0n) is 14.2. The van der Waals surface area contributed by atoms with Gasteiger partial charge in [-0.05, 0) is 30.5 Å². The molecule has 0 saturated heterocycles. The summed E-state index contributed by atoms with van der Waals surface area (Å²) in [6, 6.07) is 8.87. The second-order valence-corrected chi connectivity index (χ2v) is 8.52. The van der Waals surface area contributed by atoms with Crippen molar-refractivity contribution in [3.63, 3.8) is 0 Å². The van der Waals surface area contributed by atoms with Crippen molar-refractivity contribution in [2.45, 2.75) is 43.1 Å². The van der Waals surface area contributed by atoms with Crippen LogP contribution in [0.1, 0.15) is 37.7 Å². The van der Waals surface area contributed by atoms with Gasteiger partial charge in [0.05, 0.1) is 9.95 Å². The maximum absolute atomic E-state index is 12.6. The number of nitrogens with one attached hydrogen (secondary N) is 1. The van der Waals surface area contributed by atoms with Gasteiger partial charge in [0.2, 0.25) is 0 Å². The van der Waals surface area contributed by atoms with Gasteiger partial charge in [-0.2, -0.15) is 0 Å². The van der Waals surface area contributed by atoms with Gasteiger partial charge in [-0.25, -0.2) is 4.98 Å². The number of hydrogen-bond acceptors (Lipinski definition) is 5. The van der Waals surface area contributed by atoms with Crippen LogP contribution in [0.4, 0.5) is 17.2 Å². The number of benzene rings is 1. The molecule has 1 aliphatic carbocycles. The molecule has 1 aliphatic rings. The maximum Gasteiger partial charge on any atom is 0.289 e. The standard InChI is InChI=1S/C18H20ClN3O3S/c19-17-10-15(22(23)24)11-20-18(17)21-14-6-4-5-13(9-14)12-26(25)16-7-2-1-3-8-16/h4-6,9-11,16H,1-3,7-8,12H2,(H,20,21). The molecule has 1 aromatic carbocycles. The molecule has 0 aliphatic heterocycles. The summed E-state index contributed by atoms with van der Waals surface area (Å²) in [4.78, 5) is 14.2. The Morgan fingerprint density at radius 3 is 2.73 bits per heavy atom. The molecular weight excluding hydrogens is 374 g/mol. The summed E-state index contributed by atoms with van der Waals surface area (Å²) in [6.07, 6.45) is 6.84. The molecule has 3 rings (SSSR count). The average Bonchev–Trinajstić information content (AvgIpc) is 2.64. The summed E-state index contributed by atoms with van der Waals surface area (Å²) in [5, 5.41) is 14.3. The molecule has 1 aromatic heterocycles. The first-order valence-corrected chi connectivity index (χ1v) is 10.3. The molecule has 6 nitrogen and oxygen atoms in total. The summed E-state index contributed by atoms with van der Waals surface area (Å²) in [5.74, 6) is 0.879. The van der Waals surface area contributed by atoms with Crippen LogP contribution in [0.25, 0.3) is 0 Å². The number of halogens is 1. The van der Waals surface area contributed by atoms with Crippen molar-refractivity contribution >= 4 is 39.6 Å². The minimum Gasteiger partial charge on any atom is -0.339 e. The molecule has 1 fully saturated rings. The van der Waals surface area contributed by atoms with Crippen LogP contribution in [0.2, 0.25) is 5.02 Å². The quantitative estimate of drug-likeness (QED) is 0.553. The van der Waals surface area contributed by atoms with E-state index in [9.17, 15) is 14.3 Å². The lowest BCUT2D eigenvalue weighted by molar-refractivity contribution is -0.385. The van der Waals surface area contributed by atoms with E-state index in [1.165, 1.54) is 25.3 Å². The monoisotopic (exact) mass is 393 g/mol. The van der Waals surface area contributed by atoms with E-state index in [-0.39, 0.29) is 10.7 Å². The van der Waals surface area contributed by atoms with E-state index in [0.29, 0.717) is 16.8 Å². The summed E-state index contributed by atoms with van der Waals surface area (Å²) in [5.41, 5.74) is 1.58. The molecular formula is C18H20ClN3O3S. The van der Waals surface area contributed by atoms with Gasteiger partial charge in [0.25, 0.3) is 5.69 Å². The molecule has 1 saturated carbocycles. The number of hydrogen-bond donors (Lipinski definition) is 1. The van der Waals surface area contributed by atoms with Crippen molar-refractivity contribution in [2.24, 2.45) is 0 Å². The van der Waals surface area contributed by atoms with Crippen molar-refractivity contribution in [3.05, 3.63) is 57.2 Å². The molecule has 0 radical (unpaired) electrons. The highest BCUT2D eigenvalue weighted by Gasteiger charge is 2.20. The van der Waals surface area contributed by atoms with Crippen LogP contribution in [0.3, 0.4) is 0 Å². The molecule has 8 heteroatoms. The van der Waals surface area contributed by atoms with Gasteiger partial charge in [-0.15, -0.1) is 0 Å². The van der Waals surface area contributed by atoms with Crippen LogP contribution in [0.15, 0.2) is 36.5 Å². The number of pyridine rings is 1. The highest BCUT2D eigenvalue weighted by atomic mass is 35.5. The third-order valence-electron chi connectivity index (χ3n) is 4.46. The first kappa shape index (κ1) is 18.8. The Kier molecular flexibility index (Phi) is 6.21. The fourth-order valence-electron chi connectivity index (χ4n) is 3.11. The van der Waals surface area contributed by atoms with Crippen molar-refractivity contribution in [3.8, 4) is 0 Å². The molecule has 1 atom stereocenters. The SMILES string of the molecule is O=[N+]([O-])c1cnc(Nc2cccc(CS(=O)C3CCCCC3)c2)c(Cl)c1. The van der Waals surface area contributed by atoms with Gasteiger partial charge < -0.3 is 5.32 Å². The second-order valence-electron chi connectivity index (χ2n) is 6.39. The zero-order chi connectivity index (χ0) is 18.5. The van der Waals surface area contributed by atoms with Crippen molar-refractivity contribution in [2.75, 3.05) is 5.32 Å². The summed E-state index contributed by atoms with van der Waals surface area (Å²) in [7, 11) is -0.869. The Balaban J connectivity index is 1.69. The van der Waals surface area contributed by atoms with Crippen molar-refractivity contribution in [1.82, 2.24) is 4.98 Å². The Hall–Kier alpha value is -1.99. The van der Waals surface area contributed by atoms with Gasteiger partial charge in [-0.1, -0.05) is 43.0 Å². The molecule has 2 aromatic rings. The van der Waals surface area contributed by atoms with Crippen LogP contribution in [-0.4, -0.2) is 19.4 Å². The predicted molar refractivity (Wildman–Crippen MR) is 104 cm³/mol. The number of rotatable bonds is 6. The second kappa shape index (κ2) is 8.60. The van der Waals surface area contributed by atoms with E-state index < -0.39 is 15.7 Å². The summed E-state index contributed by atoms with van der Waals surface area (Å²) < 4.78 is 12.6. The molecule has 1 N–H and O–H groups in total. The lowest BCUT2D eigenvalue weighted by atomic mass is 10.0. The molecule has 1 unspecified atom stereocenters. The van der Waals surface area contributed by atoms with Crippen molar-refractivity contribution in [1.29, 1.82) is 0 Å². The molecule has 0 amide bonds. The van der Waals surface area contributed by atoms with Gasteiger partial charge in [-0.3, -0.25) is 14.3 Å². The topological polar surface area (TPSA) is 85.1 Å². The molecule has 1 heterocycles. The summed E-state index contributed by atoms with van der Waals surface area (Å²) in [6.45, 7) is 0. The van der Waals surface area contributed by atoms with Crippen molar-refractivity contribution < 1.29 is 9.13 Å². The Morgan fingerprint density at radius 2 is 2.04 bits per heavy atom. The van der Waals surface area contributed by atoms with Crippen LogP contribution in [-0.2, 0) is 16.6 Å². The smallest absolute Gasteiger partial charge is 0.289 e. The van der Waals surface area contributed by atoms with Gasteiger partial charge >= 0.3 is 0 Å². The fourth-order valence-corrected chi connectivity index (χ4v) is 4.92. The first-order chi connectivity index (χ1) is 12.5. The van der Waals surface area contributed by atoms with E-state index in [1.807, 2.05) is 24.3 Å². The van der Waals surface area contributed by atoms with Crippen LogP contribution in [0.5, 0.6) is 0 Å². The third kappa shape index (κ3) is 4.80. The third-order valence-corrected chi connectivity index (χ3v) is 6.58. The molecule has 138 valence electrons. The minimum absolute atomic E-state index is 0.155. The first-order valence-electron chi connectivity index (χ1n) is 8.56. The largest absolute Gasteiger partial charge is 0.339 e. The normalized spacial score (nSPS) is 16.2. The maximum atomic E-state index is 12.6. The Labute approximate surface area is 159 Å². The molecule has 0 bridgehead atoms. The molecule has 26 heavy (non-hydrogen) atoms. The number of nitrogens with zero attached hydrogens (tertiary/aromatic N) is 2. The number of anilines is 2. The van der Waals surface area contributed by atoms with Crippen LogP contribution >= 0.6 is 11.6 Å². The lowest BCUT2D eigenvalue weighted by Crippen LogP contribution is -2.19. The average molecular weight is 394 g/mol. The van der Waals surface area contributed by atoms with E-state index in [4.69, 9.17) is 11.6 Å². The fraction of sp³-hybridized carbons (Fsp3) is 0.389. The van der Waals surface area contributed by atoms with Gasteiger partial charge in [0.1, 0.15) is 12.0 Å². The Morgan fingerprint density at radius 1 is 1.27 bits per heavy atom. The van der Waals surface area contributed by atoms with E-state index in [2.05, 4.69) is 10.3 Å². The van der Waals surface area contributed by atoms with E-state index in [1.54, 1.807) is 0 Å². The zero-order valence-corrected chi connectivity index (χ0v) is 15.8. The summed E-state index contributed by atoms with van der Waals surface area (Å²) >= 11 is 6.07. The van der Waals surface area contributed by atoms with Crippen LogP contribution < -0.4 is 5.32 Å². The van der Waals surface area contributed by atoms with Gasteiger partial charge in [0, 0.05) is 33.6 Å². The van der Waals surface area contributed by atoms with Gasteiger partial charge in [0.15, 0.2) is 0 Å². The predicted octanol–water partition coefficient (Wildman–Crippen LogP) is 4.97. The number of aromatic nitrogens is 1. The van der Waals surface area contributed by atoms with E-state index in [0.717, 1.165) is 30.3 Å². The highest BCUT2D eigenvalue weighted by Crippen LogP contribution is 2.28. The van der Waals surface area contributed by atoms with Crippen LogP contribution in [0, 0.1) is 10.1 Å². The molecule has 0 spiro atoms.